The Morgan fingerprint density at radius 3 is 2.53 bits per heavy atom. The molecule has 0 spiro atoms. The van der Waals surface area contributed by atoms with Gasteiger partial charge in [-0.05, 0) is 31.2 Å². The molecule has 0 atom stereocenters. The van der Waals surface area contributed by atoms with Crippen molar-refractivity contribution in [1.82, 2.24) is 9.97 Å². The Bertz CT molecular complexity index is 707. The van der Waals surface area contributed by atoms with E-state index in [1.807, 2.05) is 37.3 Å². The number of aromatic nitrogens is 2. The highest BCUT2D eigenvalue weighted by atomic mass is 32.1. The van der Waals surface area contributed by atoms with Crippen molar-refractivity contribution < 1.29 is 5.11 Å². The molecule has 0 aliphatic heterocycles. The maximum atomic E-state index is 9.92. The maximum absolute atomic E-state index is 9.92. The zero-order valence-electron chi connectivity index (χ0n) is 10.4. The van der Waals surface area contributed by atoms with Crippen LogP contribution in [0.3, 0.4) is 0 Å². The fourth-order valence-corrected chi connectivity index (χ4v) is 2.87. The molecule has 0 bridgehead atoms. The van der Waals surface area contributed by atoms with Crippen LogP contribution < -0.4 is 0 Å². The molecule has 3 rings (SSSR count). The van der Waals surface area contributed by atoms with E-state index in [0.29, 0.717) is 0 Å². The molecular formula is C15H12N2OS. The summed E-state index contributed by atoms with van der Waals surface area (Å²) in [6.07, 6.45) is 3.51. The monoisotopic (exact) mass is 268 g/mol. The van der Waals surface area contributed by atoms with Gasteiger partial charge in [0.1, 0.15) is 10.8 Å². The third-order valence-corrected chi connectivity index (χ3v) is 3.90. The van der Waals surface area contributed by atoms with Crippen LogP contribution in [0, 0.1) is 6.92 Å². The fraction of sp³-hybridized carbons (Fsp3) is 0.0667. The first kappa shape index (κ1) is 11.9. The Morgan fingerprint density at radius 1 is 1.05 bits per heavy atom. The number of phenols is 1. The Balaban J connectivity index is 2.11. The largest absolute Gasteiger partial charge is 0.507 e. The molecule has 2 aromatic heterocycles. The average molecular weight is 268 g/mol. The van der Waals surface area contributed by atoms with E-state index in [0.717, 1.165) is 26.7 Å². The summed E-state index contributed by atoms with van der Waals surface area (Å²) < 4.78 is 0. The van der Waals surface area contributed by atoms with Crippen molar-refractivity contribution in [1.29, 1.82) is 0 Å². The van der Waals surface area contributed by atoms with Crippen molar-refractivity contribution in [3.05, 3.63) is 53.7 Å². The summed E-state index contributed by atoms with van der Waals surface area (Å²) in [5.41, 5.74) is 2.66. The molecule has 0 saturated heterocycles. The second-order valence-electron chi connectivity index (χ2n) is 4.18. The van der Waals surface area contributed by atoms with E-state index in [1.54, 1.807) is 29.8 Å². The van der Waals surface area contributed by atoms with Crippen molar-refractivity contribution in [2.75, 3.05) is 0 Å². The van der Waals surface area contributed by atoms with Gasteiger partial charge in [0.25, 0.3) is 0 Å². The van der Waals surface area contributed by atoms with E-state index >= 15 is 0 Å². The first-order valence-electron chi connectivity index (χ1n) is 5.92. The highest BCUT2D eigenvalue weighted by molar-refractivity contribution is 7.15. The molecule has 0 aliphatic rings. The van der Waals surface area contributed by atoms with Gasteiger partial charge in [-0.2, -0.15) is 0 Å². The number of hydrogen-bond acceptors (Lipinski definition) is 4. The van der Waals surface area contributed by atoms with Crippen LogP contribution >= 0.6 is 11.3 Å². The normalized spacial score (nSPS) is 10.6. The molecule has 2 heterocycles. The number of benzene rings is 1. The number of para-hydroxylation sites is 1. The summed E-state index contributed by atoms with van der Waals surface area (Å²) in [4.78, 5) is 9.74. The van der Waals surface area contributed by atoms with Gasteiger partial charge in [-0.3, -0.25) is 4.98 Å². The van der Waals surface area contributed by atoms with Gasteiger partial charge in [-0.15, -0.1) is 11.3 Å². The molecule has 0 unspecified atom stereocenters. The van der Waals surface area contributed by atoms with Crippen LogP contribution in [0.4, 0.5) is 0 Å². The Hall–Kier alpha value is -2.20. The van der Waals surface area contributed by atoms with Gasteiger partial charge in [-0.1, -0.05) is 12.1 Å². The van der Waals surface area contributed by atoms with E-state index in [9.17, 15) is 5.11 Å². The standard InChI is InChI=1S/C15H12N2OS/c1-10-14(12-4-2-3-5-13(12)18)17-15(19-10)11-6-8-16-9-7-11/h2-9,18H,1H3. The predicted molar refractivity (Wildman–Crippen MR) is 77.2 cm³/mol. The first-order valence-corrected chi connectivity index (χ1v) is 6.73. The third kappa shape index (κ3) is 2.22. The van der Waals surface area contributed by atoms with Gasteiger partial charge >= 0.3 is 0 Å². The van der Waals surface area contributed by atoms with Crippen LogP contribution in [0.2, 0.25) is 0 Å². The summed E-state index contributed by atoms with van der Waals surface area (Å²) in [6.45, 7) is 2.02. The molecule has 94 valence electrons. The van der Waals surface area contributed by atoms with E-state index < -0.39 is 0 Å². The van der Waals surface area contributed by atoms with Crippen LogP contribution in [0.5, 0.6) is 5.75 Å². The zero-order chi connectivity index (χ0) is 13.2. The molecule has 0 radical (unpaired) electrons. The SMILES string of the molecule is Cc1sc(-c2ccncc2)nc1-c1ccccc1O. The molecule has 0 saturated carbocycles. The second-order valence-corrected chi connectivity index (χ2v) is 5.38. The van der Waals surface area contributed by atoms with Crippen molar-refractivity contribution in [2.45, 2.75) is 6.92 Å². The lowest BCUT2D eigenvalue weighted by Gasteiger charge is -2.01. The van der Waals surface area contributed by atoms with Gasteiger partial charge in [0, 0.05) is 28.4 Å². The minimum absolute atomic E-state index is 0.261. The number of hydrogen-bond donors (Lipinski definition) is 1. The number of pyridine rings is 1. The number of thiazole rings is 1. The lowest BCUT2D eigenvalue weighted by molar-refractivity contribution is 0.477. The van der Waals surface area contributed by atoms with E-state index in [4.69, 9.17) is 0 Å². The van der Waals surface area contributed by atoms with Gasteiger partial charge in [0.05, 0.1) is 5.69 Å². The highest BCUT2D eigenvalue weighted by Gasteiger charge is 2.13. The molecule has 3 nitrogen and oxygen atoms in total. The minimum Gasteiger partial charge on any atom is -0.507 e. The Labute approximate surface area is 115 Å². The molecule has 3 aromatic rings. The number of aryl methyl sites for hydroxylation is 1. The fourth-order valence-electron chi connectivity index (χ4n) is 1.94. The predicted octanol–water partition coefficient (Wildman–Crippen LogP) is 3.89. The average Bonchev–Trinajstić information content (AvgIpc) is 2.82. The zero-order valence-corrected chi connectivity index (χ0v) is 11.2. The van der Waals surface area contributed by atoms with E-state index in [2.05, 4.69) is 9.97 Å². The Morgan fingerprint density at radius 2 is 1.79 bits per heavy atom. The third-order valence-electron chi connectivity index (χ3n) is 2.88. The summed E-state index contributed by atoms with van der Waals surface area (Å²) in [7, 11) is 0. The van der Waals surface area contributed by atoms with Crippen LogP contribution in [0.25, 0.3) is 21.8 Å². The van der Waals surface area contributed by atoms with Gasteiger partial charge in [-0.25, -0.2) is 4.98 Å². The van der Waals surface area contributed by atoms with Gasteiger partial charge in [0.15, 0.2) is 0 Å². The van der Waals surface area contributed by atoms with Crippen molar-refractivity contribution in [2.24, 2.45) is 0 Å². The molecule has 1 aromatic carbocycles. The lowest BCUT2D eigenvalue weighted by atomic mass is 10.1. The smallest absolute Gasteiger partial charge is 0.125 e. The van der Waals surface area contributed by atoms with Crippen molar-refractivity contribution >= 4 is 11.3 Å². The molecule has 0 amide bonds. The second kappa shape index (κ2) is 4.82. The first-order chi connectivity index (χ1) is 9.25. The molecule has 4 heteroatoms. The van der Waals surface area contributed by atoms with Crippen molar-refractivity contribution in [3.8, 4) is 27.6 Å². The molecule has 19 heavy (non-hydrogen) atoms. The summed E-state index contributed by atoms with van der Waals surface area (Å²) in [6, 6.07) is 11.2. The van der Waals surface area contributed by atoms with Crippen LogP contribution in [0.1, 0.15) is 4.88 Å². The molecule has 1 N–H and O–H groups in total. The van der Waals surface area contributed by atoms with E-state index in [1.165, 1.54) is 0 Å². The summed E-state index contributed by atoms with van der Waals surface area (Å²) in [5.74, 6) is 0.261. The van der Waals surface area contributed by atoms with Crippen LogP contribution in [-0.2, 0) is 0 Å². The maximum Gasteiger partial charge on any atom is 0.125 e. The summed E-state index contributed by atoms with van der Waals surface area (Å²) >= 11 is 1.62. The number of nitrogens with zero attached hydrogens (tertiary/aromatic N) is 2. The molecule has 0 aliphatic carbocycles. The van der Waals surface area contributed by atoms with E-state index in [-0.39, 0.29) is 5.75 Å². The quantitative estimate of drug-likeness (QED) is 0.767. The number of rotatable bonds is 2. The molecular weight excluding hydrogens is 256 g/mol. The number of phenolic OH excluding ortho intramolecular Hbond substituents is 1. The van der Waals surface area contributed by atoms with Crippen molar-refractivity contribution in [3.63, 3.8) is 0 Å². The molecule has 0 fully saturated rings. The summed E-state index contributed by atoms with van der Waals surface area (Å²) in [5, 5.41) is 10.9. The topological polar surface area (TPSA) is 46.0 Å². The van der Waals surface area contributed by atoms with Crippen LogP contribution in [0.15, 0.2) is 48.8 Å². The van der Waals surface area contributed by atoms with Gasteiger partial charge in [0.2, 0.25) is 0 Å². The minimum atomic E-state index is 0.261. The number of aromatic hydroxyl groups is 1. The van der Waals surface area contributed by atoms with Crippen LogP contribution in [-0.4, -0.2) is 15.1 Å². The Kier molecular flexibility index (Phi) is 3.01. The lowest BCUT2D eigenvalue weighted by Crippen LogP contribution is -1.82. The van der Waals surface area contributed by atoms with Gasteiger partial charge < -0.3 is 5.11 Å². The highest BCUT2D eigenvalue weighted by Crippen LogP contribution is 2.36.